The van der Waals surface area contributed by atoms with Gasteiger partial charge >= 0.3 is 5.97 Å². The number of aliphatic hydroxyl groups is 1. The Morgan fingerprint density at radius 1 is 1.11 bits per heavy atom. The Kier molecular flexibility index (Phi) is 9.40. The molecule has 1 fully saturated rings. The summed E-state index contributed by atoms with van der Waals surface area (Å²) >= 11 is 6.51. The number of aliphatic hydroxyl groups excluding tert-OH is 1. The predicted molar refractivity (Wildman–Crippen MR) is 137 cm³/mol. The molecule has 8 heteroatoms. The van der Waals surface area contributed by atoms with E-state index in [0.29, 0.717) is 48.0 Å². The summed E-state index contributed by atoms with van der Waals surface area (Å²) in [7, 11) is 1.62. The van der Waals surface area contributed by atoms with E-state index in [9.17, 15) is 14.7 Å². The van der Waals surface area contributed by atoms with E-state index in [2.05, 4.69) is 10.6 Å². The molecule has 0 aliphatic heterocycles. The Morgan fingerprint density at radius 3 is 2.43 bits per heavy atom. The maximum atomic E-state index is 12.7. The molecule has 2 aromatic carbocycles. The van der Waals surface area contributed by atoms with Crippen molar-refractivity contribution in [3.05, 3.63) is 58.1 Å². The van der Waals surface area contributed by atoms with E-state index in [4.69, 9.17) is 21.4 Å². The van der Waals surface area contributed by atoms with Gasteiger partial charge in [0, 0.05) is 17.7 Å². The van der Waals surface area contributed by atoms with Crippen molar-refractivity contribution in [1.29, 1.82) is 0 Å². The minimum Gasteiger partial charge on any atom is -0.496 e. The summed E-state index contributed by atoms with van der Waals surface area (Å²) in [5, 5.41) is 25.6. The summed E-state index contributed by atoms with van der Waals surface area (Å²) in [6.45, 7) is 4.29. The van der Waals surface area contributed by atoms with Crippen molar-refractivity contribution in [3.8, 4) is 5.75 Å². The first-order chi connectivity index (χ1) is 16.7. The van der Waals surface area contributed by atoms with Gasteiger partial charge in [0.25, 0.3) is 5.91 Å². The third-order valence-electron chi connectivity index (χ3n) is 6.64. The van der Waals surface area contributed by atoms with Crippen molar-refractivity contribution < 1.29 is 24.5 Å². The third kappa shape index (κ3) is 7.36. The van der Waals surface area contributed by atoms with Crippen LogP contribution in [0.4, 0.5) is 5.69 Å². The van der Waals surface area contributed by atoms with Crippen molar-refractivity contribution in [2.24, 2.45) is 11.8 Å². The lowest BCUT2D eigenvalue weighted by molar-refractivity contribution is -0.143. The van der Waals surface area contributed by atoms with Crippen LogP contribution in [0.2, 0.25) is 5.02 Å². The van der Waals surface area contributed by atoms with Crippen LogP contribution in [0.15, 0.2) is 36.4 Å². The van der Waals surface area contributed by atoms with E-state index >= 15 is 0 Å². The number of aliphatic carboxylic acids is 1. The number of carbonyl (C=O) groups is 2. The number of methoxy groups -OCH3 is 1. The molecular weight excluding hydrogens is 468 g/mol. The molecule has 1 amide bonds. The minimum absolute atomic E-state index is 0.128. The zero-order chi connectivity index (χ0) is 25.5. The highest BCUT2D eigenvalue weighted by molar-refractivity contribution is 6.33. The standard InChI is InChI=1S/C27H35ClN2O5/c1-16(31)12-19-6-11-25(35-3)22(13-19)17(2)30-24-10-9-21(14-23(24)28)26(32)29-15-18-4-7-20(8-5-18)27(33)34/h6,9-11,13-14,16-18,20,30-31H,4-5,7-8,12,15H2,1-3H3,(H,29,32)(H,33,34)/t16?,17-,18?,20?/m0/s1. The highest BCUT2D eigenvalue weighted by Gasteiger charge is 2.26. The number of carboxylic acid groups (broad SMARTS) is 1. The normalized spacial score (nSPS) is 19.5. The van der Waals surface area contributed by atoms with Crippen molar-refractivity contribution in [1.82, 2.24) is 5.32 Å². The molecule has 0 heterocycles. The number of hydrogen-bond donors (Lipinski definition) is 4. The molecule has 1 aliphatic carbocycles. The number of hydrogen-bond acceptors (Lipinski definition) is 5. The highest BCUT2D eigenvalue weighted by atomic mass is 35.5. The minimum atomic E-state index is -0.726. The summed E-state index contributed by atoms with van der Waals surface area (Å²) in [6, 6.07) is 10.9. The van der Waals surface area contributed by atoms with Crippen LogP contribution in [0.5, 0.6) is 5.75 Å². The summed E-state index contributed by atoms with van der Waals surface area (Å²) in [4.78, 5) is 23.8. The van der Waals surface area contributed by atoms with Crippen molar-refractivity contribution in [3.63, 3.8) is 0 Å². The zero-order valence-electron chi connectivity index (χ0n) is 20.5. The van der Waals surface area contributed by atoms with Crippen LogP contribution < -0.4 is 15.4 Å². The number of amides is 1. The van der Waals surface area contributed by atoms with Gasteiger partial charge in [0.15, 0.2) is 0 Å². The van der Waals surface area contributed by atoms with Gasteiger partial charge in [-0.3, -0.25) is 9.59 Å². The second kappa shape index (κ2) is 12.3. The van der Waals surface area contributed by atoms with E-state index in [0.717, 1.165) is 29.7 Å². The van der Waals surface area contributed by atoms with Crippen LogP contribution in [0, 0.1) is 11.8 Å². The molecule has 4 N–H and O–H groups in total. The fraction of sp³-hybridized carbons (Fsp3) is 0.481. The monoisotopic (exact) mass is 502 g/mol. The van der Waals surface area contributed by atoms with Gasteiger partial charge in [0.1, 0.15) is 5.75 Å². The van der Waals surface area contributed by atoms with Gasteiger partial charge in [-0.25, -0.2) is 0 Å². The number of carbonyl (C=O) groups excluding carboxylic acids is 1. The van der Waals surface area contributed by atoms with E-state index in [1.165, 1.54) is 0 Å². The summed E-state index contributed by atoms with van der Waals surface area (Å²) < 4.78 is 5.52. The van der Waals surface area contributed by atoms with E-state index in [1.54, 1.807) is 32.2 Å². The van der Waals surface area contributed by atoms with E-state index in [1.807, 2.05) is 25.1 Å². The fourth-order valence-electron chi connectivity index (χ4n) is 4.63. The zero-order valence-corrected chi connectivity index (χ0v) is 21.3. The van der Waals surface area contributed by atoms with Crippen LogP contribution >= 0.6 is 11.6 Å². The number of anilines is 1. The molecule has 1 saturated carbocycles. The van der Waals surface area contributed by atoms with E-state index in [-0.39, 0.29) is 17.9 Å². The second-order valence-electron chi connectivity index (χ2n) is 9.46. The average molecular weight is 503 g/mol. The van der Waals surface area contributed by atoms with Crippen molar-refractivity contribution in [2.45, 2.75) is 58.1 Å². The number of ether oxygens (including phenoxy) is 1. The van der Waals surface area contributed by atoms with Crippen LogP contribution in [0.3, 0.4) is 0 Å². The first-order valence-electron chi connectivity index (χ1n) is 12.1. The quantitative estimate of drug-likeness (QED) is 0.361. The van der Waals surface area contributed by atoms with Gasteiger partial charge in [0.05, 0.1) is 35.9 Å². The summed E-state index contributed by atoms with van der Waals surface area (Å²) in [5.41, 5.74) is 3.13. The maximum Gasteiger partial charge on any atom is 0.306 e. The van der Waals surface area contributed by atoms with Gasteiger partial charge in [-0.15, -0.1) is 0 Å². The molecule has 0 radical (unpaired) electrons. The number of rotatable bonds is 10. The molecular formula is C27H35ClN2O5. The Morgan fingerprint density at radius 2 is 1.83 bits per heavy atom. The third-order valence-corrected chi connectivity index (χ3v) is 6.96. The molecule has 2 atom stereocenters. The van der Waals surface area contributed by atoms with Crippen LogP contribution in [0.1, 0.15) is 67.1 Å². The summed E-state index contributed by atoms with van der Waals surface area (Å²) in [5.74, 6) is -0.144. The molecule has 0 spiro atoms. The first kappa shape index (κ1) is 26.8. The fourth-order valence-corrected chi connectivity index (χ4v) is 4.86. The topological polar surface area (TPSA) is 108 Å². The smallest absolute Gasteiger partial charge is 0.306 e. The van der Waals surface area contributed by atoms with Crippen molar-refractivity contribution >= 4 is 29.2 Å². The Balaban J connectivity index is 1.61. The SMILES string of the molecule is COc1ccc(CC(C)O)cc1[C@H](C)Nc1ccc(C(=O)NCC2CCC(C(=O)O)CC2)cc1Cl. The summed E-state index contributed by atoms with van der Waals surface area (Å²) in [6.07, 6.45) is 3.05. The molecule has 1 aliphatic rings. The van der Waals surface area contributed by atoms with Gasteiger partial charge in [-0.2, -0.15) is 0 Å². The van der Waals surface area contributed by atoms with E-state index < -0.39 is 12.1 Å². The second-order valence-corrected chi connectivity index (χ2v) is 9.86. The molecule has 7 nitrogen and oxygen atoms in total. The van der Waals surface area contributed by atoms with Crippen LogP contribution in [0.25, 0.3) is 0 Å². The Hall–Kier alpha value is -2.77. The van der Waals surface area contributed by atoms with Gasteiger partial charge in [-0.1, -0.05) is 17.7 Å². The molecule has 3 rings (SSSR count). The molecule has 0 aromatic heterocycles. The van der Waals surface area contributed by atoms with Gasteiger partial charge in [0.2, 0.25) is 0 Å². The Bertz CT molecular complexity index is 1030. The number of halogens is 1. The number of carboxylic acids is 1. The lowest BCUT2D eigenvalue weighted by atomic mass is 9.82. The molecule has 190 valence electrons. The lowest BCUT2D eigenvalue weighted by Crippen LogP contribution is -2.32. The predicted octanol–water partition coefficient (Wildman–Crippen LogP) is 5.07. The maximum absolute atomic E-state index is 12.7. The molecule has 1 unspecified atom stereocenters. The van der Waals surface area contributed by atoms with Crippen LogP contribution in [-0.2, 0) is 11.2 Å². The average Bonchev–Trinajstić information content (AvgIpc) is 2.83. The number of benzene rings is 2. The molecule has 35 heavy (non-hydrogen) atoms. The van der Waals surface area contributed by atoms with Gasteiger partial charge in [-0.05, 0) is 87.8 Å². The Labute approximate surface area is 211 Å². The first-order valence-corrected chi connectivity index (χ1v) is 12.5. The molecule has 2 aromatic rings. The van der Waals surface area contributed by atoms with Crippen molar-refractivity contribution in [2.75, 3.05) is 19.0 Å². The van der Waals surface area contributed by atoms with Crippen LogP contribution in [-0.4, -0.2) is 41.8 Å². The van der Waals surface area contributed by atoms with Gasteiger partial charge < -0.3 is 25.6 Å². The lowest BCUT2D eigenvalue weighted by Gasteiger charge is -2.26. The highest BCUT2D eigenvalue weighted by Crippen LogP contribution is 2.32. The number of nitrogens with one attached hydrogen (secondary N) is 2. The largest absolute Gasteiger partial charge is 0.496 e. The molecule has 0 saturated heterocycles. The molecule has 0 bridgehead atoms.